The third kappa shape index (κ3) is 3.71. The summed E-state index contributed by atoms with van der Waals surface area (Å²) in [4.78, 5) is 26.2. The molecular formula is C15H26N2O2. The number of rotatable bonds is 4. The van der Waals surface area contributed by atoms with Crippen LogP contribution in [0.4, 0.5) is 0 Å². The van der Waals surface area contributed by atoms with Crippen LogP contribution < -0.4 is 5.32 Å². The minimum absolute atomic E-state index is 0.0440. The van der Waals surface area contributed by atoms with Crippen LogP contribution in [0.3, 0.4) is 0 Å². The van der Waals surface area contributed by atoms with Crippen LogP contribution in [0.5, 0.6) is 0 Å². The first-order valence-corrected chi connectivity index (χ1v) is 7.55. The zero-order valence-electron chi connectivity index (χ0n) is 12.3. The molecule has 2 fully saturated rings. The first kappa shape index (κ1) is 14.4. The Hall–Kier alpha value is -1.06. The van der Waals surface area contributed by atoms with Gasteiger partial charge in [-0.3, -0.25) is 9.59 Å². The second-order valence-corrected chi connectivity index (χ2v) is 6.62. The molecule has 1 aliphatic heterocycles. The van der Waals surface area contributed by atoms with Crippen molar-refractivity contribution >= 4 is 11.8 Å². The lowest BCUT2D eigenvalue weighted by molar-refractivity contribution is -0.136. The summed E-state index contributed by atoms with van der Waals surface area (Å²) in [5, 5.41) is 2.93. The van der Waals surface area contributed by atoms with E-state index >= 15 is 0 Å². The summed E-state index contributed by atoms with van der Waals surface area (Å²) in [5.74, 6) is 1.22. The van der Waals surface area contributed by atoms with Crippen molar-refractivity contribution in [2.45, 2.75) is 40.0 Å². The summed E-state index contributed by atoms with van der Waals surface area (Å²) >= 11 is 0. The summed E-state index contributed by atoms with van der Waals surface area (Å²) < 4.78 is 0. The average Bonchev–Trinajstić information content (AvgIpc) is 3.15. The molecule has 3 atom stereocenters. The second kappa shape index (κ2) is 5.93. The zero-order valence-corrected chi connectivity index (χ0v) is 12.3. The van der Waals surface area contributed by atoms with Crippen molar-refractivity contribution in [2.75, 3.05) is 19.6 Å². The van der Waals surface area contributed by atoms with Crippen molar-refractivity contribution in [3.05, 3.63) is 0 Å². The van der Waals surface area contributed by atoms with Gasteiger partial charge in [-0.1, -0.05) is 20.8 Å². The van der Waals surface area contributed by atoms with Crippen LogP contribution in [0.25, 0.3) is 0 Å². The first-order valence-electron chi connectivity index (χ1n) is 7.55. The van der Waals surface area contributed by atoms with Crippen molar-refractivity contribution in [1.29, 1.82) is 0 Å². The van der Waals surface area contributed by atoms with E-state index in [9.17, 15) is 9.59 Å². The van der Waals surface area contributed by atoms with E-state index in [0.29, 0.717) is 18.4 Å². The van der Waals surface area contributed by atoms with E-state index in [2.05, 4.69) is 26.1 Å². The van der Waals surface area contributed by atoms with Gasteiger partial charge < -0.3 is 10.2 Å². The number of piperidine rings is 1. The highest BCUT2D eigenvalue weighted by atomic mass is 16.2. The van der Waals surface area contributed by atoms with Crippen molar-refractivity contribution < 1.29 is 9.59 Å². The number of carbonyl (C=O) groups excluding carboxylic acids is 2. The highest BCUT2D eigenvalue weighted by Crippen LogP contribution is 2.40. The maximum absolute atomic E-state index is 12.3. The fourth-order valence-electron chi connectivity index (χ4n) is 2.82. The predicted molar refractivity (Wildman–Crippen MR) is 74.4 cm³/mol. The highest BCUT2D eigenvalue weighted by molar-refractivity contribution is 5.92. The van der Waals surface area contributed by atoms with Gasteiger partial charge in [0.1, 0.15) is 0 Å². The number of carbonyl (C=O) groups is 2. The normalized spacial score (nSPS) is 30.3. The third-order valence-corrected chi connectivity index (χ3v) is 4.10. The molecule has 3 unspecified atom stereocenters. The van der Waals surface area contributed by atoms with E-state index in [1.54, 1.807) is 0 Å². The molecule has 1 saturated carbocycles. The van der Waals surface area contributed by atoms with Crippen LogP contribution >= 0.6 is 0 Å². The number of nitrogens with zero attached hydrogens (tertiary/aromatic N) is 1. The van der Waals surface area contributed by atoms with Gasteiger partial charge in [-0.15, -0.1) is 0 Å². The molecule has 0 aromatic heterocycles. The van der Waals surface area contributed by atoms with Crippen LogP contribution in [0.1, 0.15) is 40.0 Å². The molecular weight excluding hydrogens is 240 g/mol. The van der Waals surface area contributed by atoms with Crippen molar-refractivity contribution in [1.82, 2.24) is 10.2 Å². The Labute approximate surface area is 115 Å². The standard InChI is InChI=1S/C15H26N2O2/c1-10(2)8-16-14(18)12-7-13(12)15(19)17-6-4-5-11(3)9-17/h10-13H,4-9H2,1-3H3,(H,16,18). The molecule has 1 heterocycles. The van der Waals surface area contributed by atoms with Crippen LogP contribution in [0, 0.1) is 23.7 Å². The van der Waals surface area contributed by atoms with E-state index in [1.807, 2.05) is 4.90 Å². The quantitative estimate of drug-likeness (QED) is 0.841. The van der Waals surface area contributed by atoms with Crippen LogP contribution in [-0.2, 0) is 9.59 Å². The average molecular weight is 266 g/mol. The molecule has 0 spiro atoms. The van der Waals surface area contributed by atoms with E-state index in [0.717, 1.165) is 25.9 Å². The molecule has 0 aromatic rings. The lowest BCUT2D eigenvalue weighted by atomic mass is 10.00. The van der Waals surface area contributed by atoms with Gasteiger partial charge in [0, 0.05) is 19.6 Å². The summed E-state index contributed by atoms with van der Waals surface area (Å²) in [5.41, 5.74) is 0. The lowest BCUT2D eigenvalue weighted by Crippen LogP contribution is -2.41. The van der Waals surface area contributed by atoms with Crippen LogP contribution in [0.2, 0.25) is 0 Å². The summed E-state index contributed by atoms with van der Waals surface area (Å²) in [6, 6.07) is 0. The Morgan fingerprint density at radius 1 is 1.32 bits per heavy atom. The molecule has 2 rings (SSSR count). The maximum Gasteiger partial charge on any atom is 0.226 e. The van der Waals surface area contributed by atoms with Gasteiger partial charge in [0.25, 0.3) is 0 Å². The lowest BCUT2D eigenvalue weighted by Gasteiger charge is -2.31. The molecule has 1 saturated heterocycles. The largest absolute Gasteiger partial charge is 0.356 e. The molecule has 2 amide bonds. The molecule has 1 N–H and O–H groups in total. The Bertz CT molecular complexity index is 354. The topological polar surface area (TPSA) is 49.4 Å². The number of hydrogen-bond donors (Lipinski definition) is 1. The number of hydrogen-bond acceptors (Lipinski definition) is 2. The Morgan fingerprint density at radius 3 is 2.68 bits per heavy atom. The van der Waals surface area contributed by atoms with Crippen LogP contribution in [0.15, 0.2) is 0 Å². The Balaban J connectivity index is 1.78. The van der Waals surface area contributed by atoms with Crippen LogP contribution in [-0.4, -0.2) is 36.3 Å². The van der Waals surface area contributed by atoms with Gasteiger partial charge in [-0.25, -0.2) is 0 Å². The van der Waals surface area contributed by atoms with Gasteiger partial charge in [0.05, 0.1) is 11.8 Å². The smallest absolute Gasteiger partial charge is 0.226 e. The SMILES string of the molecule is CC(C)CNC(=O)C1CC1C(=O)N1CCCC(C)C1. The number of likely N-dealkylation sites (tertiary alicyclic amines) is 1. The zero-order chi connectivity index (χ0) is 14.0. The molecule has 4 nitrogen and oxygen atoms in total. The van der Waals surface area contributed by atoms with Gasteiger partial charge >= 0.3 is 0 Å². The minimum Gasteiger partial charge on any atom is -0.356 e. The summed E-state index contributed by atoms with van der Waals surface area (Å²) in [6.07, 6.45) is 3.06. The van der Waals surface area contributed by atoms with Gasteiger partial charge in [-0.05, 0) is 31.1 Å². The fraction of sp³-hybridized carbons (Fsp3) is 0.867. The minimum atomic E-state index is -0.0662. The van der Waals surface area contributed by atoms with E-state index in [-0.39, 0.29) is 23.7 Å². The van der Waals surface area contributed by atoms with E-state index in [1.165, 1.54) is 6.42 Å². The molecule has 0 bridgehead atoms. The van der Waals surface area contributed by atoms with Crippen molar-refractivity contribution in [3.63, 3.8) is 0 Å². The summed E-state index contributed by atoms with van der Waals surface area (Å²) in [7, 11) is 0. The Kier molecular flexibility index (Phi) is 4.48. The first-order chi connectivity index (χ1) is 8.99. The van der Waals surface area contributed by atoms with Gasteiger partial charge in [-0.2, -0.15) is 0 Å². The number of nitrogens with one attached hydrogen (secondary N) is 1. The Morgan fingerprint density at radius 2 is 2.05 bits per heavy atom. The fourth-order valence-corrected chi connectivity index (χ4v) is 2.82. The predicted octanol–water partition coefficient (Wildman–Crippen LogP) is 1.65. The van der Waals surface area contributed by atoms with Gasteiger partial charge in [0.2, 0.25) is 11.8 Å². The molecule has 4 heteroatoms. The molecule has 2 aliphatic rings. The third-order valence-electron chi connectivity index (χ3n) is 4.10. The van der Waals surface area contributed by atoms with Crippen molar-refractivity contribution in [3.8, 4) is 0 Å². The monoisotopic (exact) mass is 266 g/mol. The molecule has 1 aliphatic carbocycles. The van der Waals surface area contributed by atoms with E-state index < -0.39 is 0 Å². The van der Waals surface area contributed by atoms with Gasteiger partial charge in [0.15, 0.2) is 0 Å². The summed E-state index contributed by atoms with van der Waals surface area (Å²) in [6.45, 7) is 8.79. The molecule has 19 heavy (non-hydrogen) atoms. The maximum atomic E-state index is 12.3. The van der Waals surface area contributed by atoms with Crippen molar-refractivity contribution in [2.24, 2.45) is 23.7 Å². The number of amides is 2. The highest BCUT2D eigenvalue weighted by Gasteiger charge is 2.49. The molecule has 0 radical (unpaired) electrons. The molecule has 0 aromatic carbocycles. The van der Waals surface area contributed by atoms with E-state index in [4.69, 9.17) is 0 Å². The second-order valence-electron chi connectivity index (χ2n) is 6.62. The molecule has 108 valence electrons.